The van der Waals surface area contributed by atoms with Crippen molar-refractivity contribution < 1.29 is 23.9 Å². The summed E-state index contributed by atoms with van der Waals surface area (Å²) in [6.07, 6.45) is 0. The van der Waals surface area contributed by atoms with E-state index < -0.39 is 17.8 Å². The van der Waals surface area contributed by atoms with E-state index in [0.29, 0.717) is 5.46 Å². The van der Waals surface area contributed by atoms with Crippen molar-refractivity contribution >= 4 is 36.8 Å². The van der Waals surface area contributed by atoms with Crippen LogP contribution in [0.4, 0.5) is 5.69 Å². The second-order valence-electron chi connectivity index (χ2n) is 6.42. The highest BCUT2D eigenvalue weighted by Gasteiger charge is 2.19. The fraction of sp³-hybridized carbons (Fsp3) is 0.0870. The topological polar surface area (TPSA) is 81.7 Å². The molecule has 148 valence electrons. The van der Waals surface area contributed by atoms with Gasteiger partial charge in [0.25, 0.3) is 5.91 Å². The van der Waals surface area contributed by atoms with Gasteiger partial charge in [0, 0.05) is 6.92 Å². The van der Waals surface area contributed by atoms with E-state index in [9.17, 15) is 14.4 Å². The van der Waals surface area contributed by atoms with E-state index in [-0.39, 0.29) is 22.6 Å². The van der Waals surface area contributed by atoms with Crippen molar-refractivity contribution in [3.8, 4) is 16.9 Å². The van der Waals surface area contributed by atoms with Crippen molar-refractivity contribution in [2.75, 3.05) is 12.4 Å². The van der Waals surface area contributed by atoms with Gasteiger partial charge in [-0.05, 0) is 29.3 Å². The molecule has 0 saturated heterocycles. The van der Waals surface area contributed by atoms with Gasteiger partial charge in [-0.25, -0.2) is 4.79 Å². The molecule has 1 amide bonds. The Balaban J connectivity index is 2.02. The van der Waals surface area contributed by atoms with Gasteiger partial charge in [0.1, 0.15) is 13.6 Å². The molecule has 0 aliphatic carbocycles. The largest absolute Gasteiger partial charge is 0.465 e. The van der Waals surface area contributed by atoms with Gasteiger partial charge in [-0.2, -0.15) is 0 Å². The summed E-state index contributed by atoms with van der Waals surface area (Å²) in [6.45, 7) is 1.23. The van der Waals surface area contributed by atoms with E-state index in [2.05, 4.69) is 5.32 Å². The summed E-state index contributed by atoms with van der Waals surface area (Å²) in [5.74, 6) is -1.70. The van der Waals surface area contributed by atoms with Crippen molar-refractivity contribution in [1.82, 2.24) is 0 Å². The van der Waals surface area contributed by atoms with Gasteiger partial charge in [-0.1, -0.05) is 54.0 Å². The Labute approximate surface area is 175 Å². The summed E-state index contributed by atoms with van der Waals surface area (Å²) in [5, 5.41) is 2.71. The van der Waals surface area contributed by atoms with Crippen molar-refractivity contribution in [3.05, 3.63) is 77.9 Å². The van der Waals surface area contributed by atoms with E-state index in [0.717, 1.165) is 11.1 Å². The number of ether oxygens (including phenoxy) is 2. The predicted molar refractivity (Wildman–Crippen MR) is 114 cm³/mol. The molecule has 0 bridgehead atoms. The van der Waals surface area contributed by atoms with E-state index in [1.807, 2.05) is 30.3 Å². The first kappa shape index (κ1) is 20.9. The highest BCUT2D eigenvalue weighted by Crippen LogP contribution is 2.27. The van der Waals surface area contributed by atoms with Crippen molar-refractivity contribution in [1.29, 1.82) is 0 Å². The Hall–Kier alpha value is -3.87. The second kappa shape index (κ2) is 9.09. The molecule has 0 saturated carbocycles. The van der Waals surface area contributed by atoms with Crippen LogP contribution >= 0.6 is 0 Å². The number of carbonyl (C=O) groups excluding carboxylic acids is 3. The van der Waals surface area contributed by atoms with Crippen LogP contribution < -0.4 is 15.5 Å². The van der Waals surface area contributed by atoms with Gasteiger partial charge < -0.3 is 14.8 Å². The molecule has 2 radical (unpaired) electrons. The predicted octanol–water partition coefficient (Wildman–Crippen LogP) is 3.11. The molecule has 0 aliphatic rings. The Morgan fingerprint density at radius 1 is 0.867 bits per heavy atom. The van der Waals surface area contributed by atoms with E-state index in [1.165, 1.54) is 32.2 Å². The van der Waals surface area contributed by atoms with Crippen LogP contribution in [0, 0.1) is 0 Å². The number of carbonyl (C=O) groups is 3. The highest BCUT2D eigenvalue weighted by molar-refractivity contribution is 6.33. The minimum Gasteiger partial charge on any atom is -0.465 e. The molecule has 6 nitrogen and oxygen atoms in total. The number of methoxy groups -OCH3 is 1. The van der Waals surface area contributed by atoms with Gasteiger partial charge in [-0.15, -0.1) is 0 Å². The van der Waals surface area contributed by atoms with E-state index in [1.54, 1.807) is 18.2 Å². The molecule has 0 unspecified atom stereocenters. The van der Waals surface area contributed by atoms with Gasteiger partial charge in [0.05, 0.1) is 23.9 Å². The van der Waals surface area contributed by atoms with Gasteiger partial charge in [0.2, 0.25) is 0 Å². The minimum absolute atomic E-state index is 0.0612. The zero-order valence-corrected chi connectivity index (χ0v) is 16.5. The molecule has 0 atom stereocenters. The number of hydrogen-bond donors (Lipinski definition) is 1. The monoisotopic (exact) mass is 399 g/mol. The molecule has 7 heteroatoms. The average Bonchev–Trinajstić information content (AvgIpc) is 2.74. The molecule has 0 fully saturated rings. The third-order valence-electron chi connectivity index (χ3n) is 4.28. The third-order valence-corrected chi connectivity index (χ3v) is 4.28. The van der Waals surface area contributed by atoms with Crippen LogP contribution in [0.5, 0.6) is 5.75 Å². The number of nitrogens with one attached hydrogen (secondary N) is 1. The number of benzene rings is 3. The van der Waals surface area contributed by atoms with Gasteiger partial charge in [-0.3, -0.25) is 9.59 Å². The molecular formula is C23H18BNO5. The lowest BCUT2D eigenvalue weighted by Gasteiger charge is -2.14. The van der Waals surface area contributed by atoms with Crippen LogP contribution in [-0.2, 0) is 9.53 Å². The van der Waals surface area contributed by atoms with Crippen LogP contribution in [0.25, 0.3) is 11.1 Å². The zero-order valence-electron chi connectivity index (χ0n) is 16.5. The lowest BCUT2D eigenvalue weighted by atomic mass is 9.93. The summed E-state index contributed by atoms with van der Waals surface area (Å²) in [7, 11) is 7.05. The maximum absolute atomic E-state index is 13.0. The van der Waals surface area contributed by atoms with Crippen LogP contribution in [0.3, 0.4) is 0 Å². The summed E-state index contributed by atoms with van der Waals surface area (Å²) in [4.78, 5) is 36.5. The van der Waals surface area contributed by atoms with Crippen molar-refractivity contribution in [3.63, 3.8) is 0 Å². The molecule has 0 heterocycles. The summed E-state index contributed by atoms with van der Waals surface area (Å²) < 4.78 is 9.93. The number of hydrogen-bond acceptors (Lipinski definition) is 5. The maximum Gasteiger partial charge on any atom is 0.339 e. The molecule has 0 spiro atoms. The Morgan fingerprint density at radius 3 is 2.27 bits per heavy atom. The fourth-order valence-electron chi connectivity index (χ4n) is 2.90. The first-order valence-electron chi connectivity index (χ1n) is 9.06. The zero-order chi connectivity index (χ0) is 21.7. The number of esters is 2. The molecule has 3 rings (SSSR count). The lowest BCUT2D eigenvalue weighted by molar-refractivity contribution is -0.131. The van der Waals surface area contributed by atoms with Gasteiger partial charge in [0.15, 0.2) is 0 Å². The van der Waals surface area contributed by atoms with Gasteiger partial charge >= 0.3 is 11.9 Å². The normalized spacial score (nSPS) is 10.2. The molecule has 30 heavy (non-hydrogen) atoms. The third kappa shape index (κ3) is 4.75. The summed E-state index contributed by atoms with van der Waals surface area (Å²) >= 11 is 0. The van der Waals surface area contributed by atoms with Crippen molar-refractivity contribution in [2.45, 2.75) is 6.92 Å². The van der Waals surface area contributed by atoms with Crippen LogP contribution in [0.15, 0.2) is 66.7 Å². The quantitative estimate of drug-likeness (QED) is 0.405. The molecule has 1 N–H and O–H groups in total. The maximum atomic E-state index is 13.0. The van der Waals surface area contributed by atoms with E-state index >= 15 is 0 Å². The van der Waals surface area contributed by atoms with Crippen LogP contribution in [0.1, 0.15) is 27.6 Å². The molecule has 3 aromatic carbocycles. The summed E-state index contributed by atoms with van der Waals surface area (Å²) in [5.41, 5.74) is 2.53. The molecule has 3 aromatic rings. The SMILES string of the molecule is [B]c1ccc(OC(C)=O)c(C(=O)Nc2cc(-c3ccccc3)ccc2C(=O)OC)c1. The first-order chi connectivity index (χ1) is 14.4. The average molecular weight is 399 g/mol. The Morgan fingerprint density at radius 2 is 1.60 bits per heavy atom. The molecular weight excluding hydrogens is 381 g/mol. The lowest BCUT2D eigenvalue weighted by Crippen LogP contribution is -2.19. The van der Waals surface area contributed by atoms with Crippen LogP contribution in [0.2, 0.25) is 0 Å². The molecule has 0 aliphatic heterocycles. The van der Waals surface area contributed by atoms with E-state index in [4.69, 9.17) is 17.3 Å². The summed E-state index contributed by atoms with van der Waals surface area (Å²) in [6, 6.07) is 18.9. The number of rotatable bonds is 5. The molecule has 0 aromatic heterocycles. The minimum atomic E-state index is -0.599. The fourth-order valence-corrected chi connectivity index (χ4v) is 2.90. The smallest absolute Gasteiger partial charge is 0.339 e. The van der Waals surface area contributed by atoms with Crippen molar-refractivity contribution in [2.24, 2.45) is 0 Å². The Kier molecular flexibility index (Phi) is 6.32. The number of amides is 1. The highest BCUT2D eigenvalue weighted by atomic mass is 16.5. The standard InChI is InChI=1S/C23H18BNO5/c1-14(26)30-21-11-9-17(24)13-19(21)22(27)25-20-12-16(15-6-4-3-5-7-15)8-10-18(20)23(28)29-2/h3-13H,1-2H3,(H,25,27). The number of anilines is 1. The Bertz CT molecular complexity index is 1110. The first-order valence-corrected chi connectivity index (χ1v) is 9.06. The second-order valence-corrected chi connectivity index (χ2v) is 6.42. The van der Waals surface area contributed by atoms with Crippen LogP contribution in [-0.4, -0.2) is 32.8 Å².